The molecule has 29 heavy (non-hydrogen) atoms. The maximum absolute atomic E-state index is 12.8. The number of ether oxygens (including phenoxy) is 1. The van der Waals surface area contributed by atoms with Crippen LogP contribution in [0.2, 0.25) is 0 Å². The second-order valence-corrected chi connectivity index (χ2v) is 7.93. The quantitative estimate of drug-likeness (QED) is 0.799. The molecule has 1 aliphatic heterocycles. The van der Waals surface area contributed by atoms with Gasteiger partial charge in [0.25, 0.3) is 11.8 Å². The first-order valence-corrected chi connectivity index (χ1v) is 9.95. The minimum absolute atomic E-state index is 0.257. The molecule has 0 atom stereocenters. The van der Waals surface area contributed by atoms with E-state index in [0.717, 1.165) is 16.1 Å². The van der Waals surface area contributed by atoms with Gasteiger partial charge in [0.15, 0.2) is 0 Å². The van der Waals surface area contributed by atoms with Gasteiger partial charge < -0.3 is 25.2 Å². The second kappa shape index (κ2) is 8.52. The molecule has 2 N–H and O–H groups in total. The summed E-state index contributed by atoms with van der Waals surface area (Å²) in [4.78, 5) is 41.5. The Labute approximate surface area is 173 Å². The van der Waals surface area contributed by atoms with Crippen molar-refractivity contribution in [3.63, 3.8) is 0 Å². The van der Waals surface area contributed by atoms with Gasteiger partial charge in [0.2, 0.25) is 0 Å². The third-order valence-electron chi connectivity index (χ3n) is 4.82. The number of hydrogen-bond acceptors (Lipinski definition) is 6. The highest BCUT2D eigenvalue weighted by Gasteiger charge is 2.30. The van der Waals surface area contributed by atoms with Gasteiger partial charge in [-0.3, -0.25) is 9.59 Å². The number of rotatable bonds is 4. The molecule has 0 spiro atoms. The lowest BCUT2D eigenvalue weighted by atomic mass is 10.0. The van der Waals surface area contributed by atoms with Crippen molar-refractivity contribution in [1.29, 1.82) is 0 Å². The Morgan fingerprint density at radius 3 is 2.41 bits per heavy atom. The van der Waals surface area contributed by atoms with Crippen molar-refractivity contribution in [3.05, 3.63) is 45.8 Å². The van der Waals surface area contributed by atoms with Gasteiger partial charge in [0.05, 0.1) is 19.2 Å². The number of fused-ring (bicyclic) bond motifs is 1. The zero-order valence-electron chi connectivity index (χ0n) is 16.9. The van der Waals surface area contributed by atoms with Crippen LogP contribution in [-0.4, -0.2) is 57.6 Å². The van der Waals surface area contributed by atoms with Crippen molar-refractivity contribution in [2.24, 2.45) is 0 Å². The summed E-state index contributed by atoms with van der Waals surface area (Å²) in [5.74, 6) is -0.545. The summed E-state index contributed by atoms with van der Waals surface area (Å²) in [5, 5.41) is 6.01. The van der Waals surface area contributed by atoms with E-state index in [0.29, 0.717) is 35.6 Å². The smallest absolute Gasteiger partial charge is 0.409 e. The molecule has 2 aromatic rings. The van der Waals surface area contributed by atoms with E-state index in [-0.39, 0.29) is 11.8 Å². The number of amides is 3. The van der Waals surface area contributed by atoms with Gasteiger partial charge in [-0.2, -0.15) is 0 Å². The van der Waals surface area contributed by atoms with Gasteiger partial charge >= 0.3 is 6.09 Å². The molecule has 1 aromatic carbocycles. The monoisotopic (exact) mass is 416 g/mol. The molecule has 0 saturated heterocycles. The van der Waals surface area contributed by atoms with Crippen molar-refractivity contribution in [2.75, 3.05) is 45.0 Å². The molecule has 3 rings (SSSR count). The summed E-state index contributed by atoms with van der Waals surface area (Å²) in [6.45, 7) is 0.809. The average Bonchev–Trinajstić information content (AvgIpc) is 3.09. The first-order chi connectivity index (χ1) is 13.8. The molecule has 0 bridgehead atoms. The maximum atomic E-state index is 12.8. The third kappa shape index (κ3) is 4.19. The number of carbonyl (C=O) groups excluding carboxylic acids is 3. The first-order valence-electron chi connectivity index (χ1n) is 9.14. The Bertz CT molecular complexity index is 937. The summed E-state index contributed by atoms with van der Waals surface area (Å²) in [5.41, 5.74) is 2.83. The summed E-state index contributed by atoms with van der Waals surface area (Å²) in [6, 6.07) is 7.22. The van der Waals surface area contributed by atoms with E-state index in [4.69, 9.17) is 4.74 Å². The van der Waals surface area contributed by atoms with Crippen molar-refractivity contribution < 1.29 is 19.1 Å². The summed E-state index contributed by atoms with van der Waals surface area (Å²) < 4.78 is 4.80. The molecule has 9 heteroatoms. The highest BCUT2D eigenvalue weighted by molar-refractivity contribution is 7.17. The first kappa shape index (κ1) is 20.7. The molecule has 1 aromatic heterocycles. The van der Waals surface area contributed by atoms with Gasteiger partial charge in [-0.15, -0.1) is 11.3 Å². The Morgan fingerprint density at radius 1 is 1.14 bits per heavy atom. The van der Waals surface area contributed by atoms with E-state index in [1.807, 2.05) is 31.1 Å². The molecule has 1 aliphatic rings. The van der Waals surface area contributed by atoms with Crippen LogP contribution in [0.4, 0.5) is 15.5 Å². The van der Waals surface area contributed by atoms with Crippen LogP contribution in [0.25, 0.3) is 0 Å². The highest BCUT2D eigenvalue weighted by atomic mass is 32.1. The van der Waals surface area contributed by atoms with E-state index in [9.17, 15) is 14.4 Å². The van der Waals surface area contributed by atoms with Crippen LogP contribution in [0.1, 0.15) is 31.2 Å². The van der Waals surface area contributed by atoms with E-state index in [2.05, 4.69) is 10.6 Å². The molecule has 0 aliphatic carbocycles. The molecule has 0 radical (unpaired) electrons. The fourth-order valence-corrected chi connectivity index (χ4v) is 4.48. The summed E-state index contributed by atoms with van der Waals surface area (Å²) in [7, 11) is 6.76. The van der Waals surface area contributed by atoms with Gasteiger partial charge in [-0.05, 0) is 36.2 Å². The highest BCUT2D eigenvalue weighted by Crippen LogP contribution is 2.37. The third-order valence-corrected chi connectivity index (χ3v) is 5.95. The predicted octanol–water partition coefficient (Wildman–Crippen LogP) is 2.55. The normalized spacial score (nSPS) is 12.8. The molecular formula is C20H24N4O4S. The lowest BCUT2D eigenvalue weighted by molar-refractivity contribution is 0.0962. The largest absolute Gasteiger partial charge is 0.453 e. The molecule has 8 nitrogen and oxygen atoms in total. The number of nitrogens with one attached hydrogen (secondary N) is 2. The molecule has 2 heterocycles. The molecule has 0 fully saturated rings. The standard InChI is InChI=1S/C20H24N4O4S/c1-21-18(26)16-14-9-10-24(20(27)28-4)11-15(14)29-19(16)22-17(25)12-5-7-13(8-6-12)23(2)3/h5-8H,9-11H2,1-4H3,(H,21,26)(H,22,25). The molecular weight excluding hydrogens is 392 g/mol. The van der Waals surface area contributed by atoms with Gasteiger partial charge in [-0.25, -0.2) is 4.79 Å². The van der Waals surface area contributed by atoms with Gasteiger partial charge in [0, 0.05) is 43.8 Å². The SMILES string of the molecule is CNC(=O)c1c(NC(=O)c2ccc(N(C)C)cc2)sc2c1CCN(C(=O)OC)C2. The number of carbonyl (C=O) groups is 3. The zero-order valence-corrected chi connectivity index (χ0v) is 17.7. The van der Waals surface area contributed by atoms with Crippen LogP contribution in [0.5, 0.6) is 0 Å². The van der Waals surface area contributed by atoms with Gasteiger partial charge in [0.1, 0.15) is 5.00 Å². The van der Waals surface area contributed by atoms with Crippen LogP contribution in [0.15, 0.2) is 24.3 Å². The van der Waals surface area contributed by atoms with Crippen molar-refractivity contribution in [2.45, 2.75) is 13.0 Å². The van der Waals surface area contributed by atoms with Crippen molar-refractivity contribution in [1.82, 2.24) is 10.2 Å². The number of anilines is 2. The fraction of sp³-hybridized carbons (Fsp3) is 0.350. The number of methoxy groups -OCH3 is 1. The van der Waals surface area contributed by atoms with E-state index < -0.39 is 6.09 Å². The second-order valence-electron chi connectivity index (χ2n) is 6.82. The molecule has 0 saturated carbocycles. The van der Waals surface area contributed by atoms with Crippen molar-refractivity contribution >= 4 is 39.9 Å². The van der Waals surface area contributed by atoms with E-state index in [1.165, 1.54) is 18.4 Å². The summed E-state index contributed by atoms with van der Waals surface area (Å²) in [6.07, 6.45) is 0.119. The van der Waals surface area contributed by atoms with Gasteiger partial charge in [-0.1, -0.05) is 0 Å². The Morgan fingerprint density at radius 2 is 1.83 bits per heavy atom. The summed E-state index contributed by atoms with van der Waals surface area (Å²) >= 11 is 1.32. The number of hydrogen-bond donors (Lipinski definition) is 2. The van der Waals surface area contributed by atoms with Crippen LogP contribution in [0.3, 0.4) is 0 Å². The number of thiophene rings is 1. The Balaban J connectivity index is 1.88. The Kier molecular flexibility index (Phi) is 6.07. The number of benzene rings is 1. The zero-order chi connectivity index (χ0) is 21.1. The Hall–Kier alpha value is -3.07. The predicted molar refractivity (Wildman–Crippen MR) is 113 cm³/mol. The average molecular weight is 417 g/mol. The maximum Gasteiger partial charge on any atom is 0.409 e. The van der Waals surface area contributed by atoms with Crippen LogP contribution < -0.4 is 15.5 Å². The molecule has 154 valence electrons. The van der Waals surface area contributed by atoms with Crippen LogP contribution >= 0.6 is 11.3 Å². The number of nitrogens with zero attached hydrogens (tertiary/aromatic N) is 2. The fourth-order valence-electron chi connectivity index (χ4n) is 3.23. The van der Waals surface area contributed by atoms with Crippen LogP contribution in [0, 0.1) is 0 Å². The molecule has 0 unspecified atom stereocenters. The lowest BCUT2D eigenvalue weighted by Gasteiger charge is -2.25. The van der Waals surface area contributed by atoms with Crippen molar-refractivity contribution in [3.8, 4) is 0 Å². The molecule has 3 amide bonds. The van der Waals surface area contributed by atoms with E-state index >= 15 is 0 Å². The van der Waals surface area contributed by atoms with Crippen LogP contribution in [-0.2, 0) is 17.7 Å². The topological polar surface area (TPSA) is 91.0 Å². The minimum Gasteiger partial charge on any atom is -0.453 e. The minimum atomic E-state index is -0.405. The lowest BCUT2D eigenvalue weighted by Crippen LogP contribution is -2.35. The van der Waals surface area contributed by atoms with E-state index in [1.54, 1.807) is 24.1 Å².